The molecule has 0 saturated carbocycles. The molecule has 6 heteroatoms. The van der Waals surface area contributed by atoms with Crippen LogP contribution in [0.4, 0.5) is 0 Å². The molecule has 1 aliphatic rings. The third-order valence-electron chi connectivity index (χ3n) is 3.19. The zero-order valence-corrected chi connectivity index (χ0v) is 11.0. The Balaban J connectivity index is 1.77. The van der Waals surface area contributed by atoms with E-state index in [0.29, 0.717) is 12.5 Å². The lowest BCUT2D eigenvalue weighted by atomic mass is 10.2. The number of hydrogen-bond acceptors (Lipinski definition) is 4. The second-order valence-electron chi connectivity index (χ2n) is 4.98. The summed E-state index contributed by atoms with van der Waals surface area (Å²) in [6.07, 6.45) is 3.74. The SMILES string of the molecule is CC(C)c1nncn1CCNC(=O)[C@@H]1CCCN1. The summed E-state index contributed by atoms with van der Waals surface area (Å²) in [5.41, 5.74) is 0. The number of nitrogens with one attached hydrogen (secondary N) is 2. The van der Waals surface area contributed by atoms with Gasteiger partial charge in [0.15, 0.2) is 0 Å². The van der Waals surface area contributed by atoms with Crippen molar-refractivity contribution < 1.29 is 4.79 Å². The molecule has 2 heterocycles. The smallest absolute Gasteiger partial charge is 0.237 e. The van der Waals surface area contributed by atoms with Crippen molar-refractivity contribution >= 4 is 5.91 Å². The summed E-state index contributed by atoms with van der Waals surface area (Å²) >= 11 is 0. The van der Waals surface area contributed by atoms with Crippen LogP contribution in [0.25, 0.3) is 0 Å². The van der Waals surface area contributed by atoms with Crippen LogP contribution in [-0.4, -0.2) is 39.8 Å². The van der Waals surface area contributed by atoms with Gasteiger partial charge in [-0.15, -0.1) is 10.2 Å². The average molecular weight is 251 g/mol. The molecule has 1 saturated heterocycles. The molecule has 0 aliphatic carbocycles. The van der Waals surface area contributed by atoms with E-state index in [-0.39, 0.29) is 11.9 Å². The number of carbonyl (C=O) groups is 1. The van der Waals surface area contributed by atoms with Crippen molar-refractivity contribution in [2.45, 2.75) is 45.2 Å². The van der Waals surface area contributed by atoms with Crippen molar-refractivity contribution in [1.29, 1.82) is 0 Å². The largest absolute Gasteiger partial charge is 0.353 e. The highest BCUT2D eigenvalue weighted by atomic mass is 16.2. The minimum absolute atomic E-state index is 0.00418. The molecule has 1 aromatic rings. The number of aromatic nitrogens is 3. The van der Waals surface area contributed by atoms with Crippen molar-refractivity contribution in [2.24, 2.45) is 0 Å². The summed E-state index contributed by atoms with van der Waals surface area (Å²) in [4.78, 5) is 11.8. The third-order valence-corrected chi connectivity index (χ3v) is 3.19. The second kappa shape index (κ2) is 5.95. The molecule has 1 atom stereocenters. The minimum atomic E-state index is -0.00418. The van der Waals surface area contributed by atoms with Gasteiger partial charge in [-0.2, -0.15) is 0 Å². The van der Waals surface area contributed by atoms with Crippen LogP contribution in [0.1, 0.15) is 38.4 Å². The Bertz CT molecular complexity index is 395. The maximum absolute atomic E-state index is 11.8. The van der Waals surface area contributed by atoms with E-state index in [1.807, 2.05) is 4.57 Å². The normalized spacial score (nSPS) is 19.4. The van der Waals surface area contributed by atoms with Crippen LogP contribution in [0, 0.1) is 0 Å². The van der Waals surface area contributed by atoms with Crippen molar-refractivity contribution in [2.75, 3.05) is 13.1 Å². The van der Waals surface area contributed by atoms with E-state index >= 15 is 0 Å². The molecule has 18 heavy (non-hydrogen) atoms. The first kappa shape index (κ1) is 13.0. The van der Waals surface area contributed by atoms with Gasteiger partial charge in [-0.1, -0.05) is 13.8 Å². The van der Waals surface area contributed by atoms with Gasteiger partial charge in [0.1, 0.15) is 12.2 Å². The Morgan fingerprint density at radius 3 is 3.17 bits per heavy atom. The van der Waals surface area contributed by atoms with Gasteiger partial charge in [0.2, 0.25) is 5.91 Å². The van der Waals surface area contributed by atoms with Crippen molar-refractivity contribution in [3.8, 4) is 0 Å². The molecule has 0 spiro atoms. The maximum Gasteiger partial charge on any atom is 0.237 e. The van der Waals surface area contributed by atoms with Crippen LogP contribution >= 0.6 is 0 Å². The van der Waals surface area contributed by atoms with Gasteiger partial charge >= 0.3 is 0 Å². The molecule has 0 unspecified atom stereocenters. The van der Waals surface area contributed by atoms with E-state index in [0.717, 1.165) is 31.8 Å². The third kappa shape index (κ3) is 3.07. The molecule has 0 bridgehead atoms. The van der Waals surface area contributed by atoms with Gasteiger partial charge in [0.05, 0.1) is 6.04 Å². The van der Waals surface area contributed by atoms with Crippen molar-refractivity contribution in [3.63, 3.8) is 0 Å². The van der Waals surface area contributed by atoms with Gasteiger partial charge in [0, 0.05) is 19.0 Å². The fourth-order valence-corrected chi connectivity index (χ4v) is 2.21. The highest BCUT2D eigenvalue weighted by Crippen LogP contribution is 2.09. The molecular formula is C12H21N5O. The van der Waals surface area contributed by atoms with E-state index < -0.39 is 0 Å². The summed E-state index contributed by atoms with van der Waals surface area (Å²) in [7, 11) is 0. The topological polar surface area (TPSA) is 71.8 Å². The fourth-order valence-electron chi connectivity index (χ4n) is 2.21. The molecule has 6 nitrogen and oxygen atoms in total. The minimum Gasteiger partial charge on any atom is -0.353 e. The predicted molar refractivity (Wildman–Crippen MR) is 68.1 cm³/mol. The predicted octanol–water partition coefficient (Wildman–Crippen LogP) is 0.270. The van der Waals surface area contributed by atoms with Crippen LogP contribution in [0.3, 0.4) is 0 Å². The van der Waals surface area contributed by atoms with Gasteiger partial charge in [-0.05, 0) is 19.4 Å². The molecule has 100 valence electrons. The van der Waals surface area contributed by atoms with Crippen LogP contribution in [-0.2, 0) is 11.3 Å². The molecule has 1 amide bonds. The van der Waals surface area contributed by atoms with Crippen LogP contribution in [0.5, 0.6) is 0 Å². The van der Waals surface area contributed by atoms with E-state index in [1.54, 1.807) is 6.33 Å². The number of hydrogen-bond donors (Lipinski definition) is 2. The number of nitrogens with zero attached hydrogens (tertiary/aromatic N) is 3. The van der Waals surface area contributed by atoms with E-state index in [9.17, 15) is 4.79 Å². The lowest BCUT2D eigenvalue weighted by Gasteiger charge is -2.12. The van der Waals surface area contributed by atoms with Gasteiger partial charge in [-0.3, -0.25) is 4.79 Å². The summed E-state index contributed by atoms with van der Waals surface area (Å²) in [5.74, 6) is 1.41. The van der Waals surface area contributed by atoms with Crippen molar-refractivity contribution in [1.82, 2.24) is 25.4 Å². The zero-order chi connectivity index (χ0) is 13.0. The first-order chi connectivity index (χ1) is 8.68. The Morgan fingerprint density at radius 1 is 1.67 bits per heavy atom. The second-order valence-corrected chi connectivity index (χ2v) is 4.98. The molecule has 0 aromatic carbocycles. The molecule has 0 radical (unpaired) electrons. The average Bonchev–Trinajstić information content (AvgIpc) is 2.99. The monoisotopic (exact) mass is 251 g/mol. The number of amides is 1. The molecule has 1 aromatic heterocycles. The summed E-state index contributed by atoms with van der Waals surface area (Å²) in [6, 6.07) is -0.00418. The molecule has 2 rings (SSSR count). The fraction of sp³-hybridized carbons (Fsp3) is 0.750. The standard InChI is InChI=1S/C12H21N5O/c1-9(2)11-16-15-8-17(11)7-6-14-12(18)10-4-3-5-13-10/h8-10,13H,3-7H2,1-2H3,(H,14,18)/t10-/m0/s1. The van der Waals surface area contributed by atoms with Gasteiger partial charge in [-0.25, -0.2) is 0 Å². The molecule has 1 aliphatic heterocycles. The van der Waals surface area contributed by atoms with Gasteiger partial charge < -0.3 is 15.2 Å². The Labute approximate surface area is 107 Å². The quantitative estimate of drug-likeness (QED) is 0.788. The summed E-state index contributed by atoms with van der Waals surface area (Å²) in [6.45, 7) is 6.46. The number of rotatable bonds is 5. The van der Waals surface area contributed by atoms with E-state index in [1.165, 1.54) is 0 Å². The first-order valence-electron chi connectivity index (χ1n) is 6.57. The lowest BCUT2D eigenvalue weighted by Crippen LogP contribution is -2.41. The van der Waals surface area contributed by atoms with Crippen LogP contribution in [0.15, 0.2) is 6.33 Å². The Morgan fingerprint density at radius 2 is 2.50 bits per heavy atom. The van der Waals surface area contributed by atoms with Crippen LogP contribution < -0.4 is 10.6 Å². The molecular weight excluding hydrogens is 230 g/mol. The summed E-state index contributed by atoms with van der Waals surface area (Å²) < 4.78 is 1.99. The lowest BCUT2D eigenvalue weighted by molar-refractivity contribution is -0.122. The van der Waals surface area contributed by atoms with E-state index in [4.69, 9.17) is 0 Å². The number of carbonyl (C=O) groups excluding carboxylic acids is 1. The first-order valence-corrected chi connectivity index (χ1v) is 6.57. The Kier molecular flexibility index (Phi) is 4.30. The molecule has 2 N–H and O–H groups in total. The summed E-state index contributed by atoms with van der Waals surface area (Å²) in [5, 5.41) is 14.1. The highest BCUT2D eigenvalue weighted by Gasteiger charge is 2.21. The van der Waals surface area contributed by atoms with E-state index in [2.05, 4.69) is 34.7 Å². The Hall–Kier alpha value is -1.43. The molecule has 1 fully saturated rings. The van der Waals surface area contributed by atoms with Crippen LogP contribution in [0.2, 0.25) is 0 Å². The highest BCUT2D eigenvalue weighted by molar-refractivity contribution is 5.81. The zero-order valence-electron chi connectivity index (χ0n) is 11.0. The van der Waals surface area contributed by atoms with Crippen molar-refractivity contribution in [3.05, 3.63) is 12.2 Å². The van der Waals surface area contributed by atoms with Gasteiger partial charge in [0.25, 0.3) is 0 Å². The maximum atomic E-state index is 11.8.